The van der Waals surface area contributed by atoms with Crippen molar-refractivity contribution >= 4 is 27.3 Å². The second kappa shape index (κ2) is 4.92. The first-order valence-electron chi connectivity index (χ1n) is 5.57. The second-order valence-corrected chi connectivity index (χ2v) is 6.52. The van der Waals surface area contributed by atoms with Gasteiger partial charge in [0, 0.05) is 14.2 Å². The van der Waals surface area contributed by atoms with Gasteiger partial charge in [-0.2, -0.15) is 0 Å². The van der Waals surface area contributed by atoms with Gasteiger partial charge in [-0.1, -0.05) is 18.2 Å². The van der Waals surface area contributed by atoms with Gasteiger partial charge in [-0.3, -0.25) is 0 Å². The molecule has 0 amide bonds. The second-order valence-electron chi connectivity index (χ2n) is 4.37. The zero-order valence-electron chi connectivity index (χ0n) is 10.3. The Kier molecular flexibility index (Phi) is 3.71. The van der Waals surface area contributed by atoms with Crippen LogP contribution < -0.4 is 5.73 Å². The normalized spacial score (nSPS) is 12.8. The predicted molar refractivity (Wildman–Crippen MR) is 78.7 cm³/mol. The van der Waals surface area contributed by atoms with Crippen LogP contribution in [0, 0.1) is 20.8 Å². The van der Waals surface area contributed by atoms with Gasteiger partial charge in [-0.15, -0.1) is 11.3 Å². The Labute approximate surface area is 115 Å². The van der Waals surface area contributed by atoms with E-state index in [1.807, 2.05) is 0 Å². The molecule has 1 atom stereocenters. The summed E-state index contributed by atoms with van der Waals surface area (Å²) >= 11 is 5.29. The van der Waals surface area contributed by atoms with Crippen molar-refractivity contribution in [2.75, 3.05) is 0 Å². The van der Waals surface area contributed by atoms with E-state index >= 15 is 0 Å². The fourth-order valence-corrected chi connectivity index (χ4v) is 3.35. The topological polar surface area (TPSA) is 26.0 Å². The van der Waals surface area contributed by atoms with Crippen LogP contribution in [0.4, 0.5) is 0 Å². The van der Waals surface area contributed by atoms with E-state index in [1.54, 1.807) is 11.3 Å². The Bertz CT molecular complexity index is 526. The van der Waals surface area contributed by atoms with Crippen molar-refractivity contribution in [3.63, 3.8) is 0 Å². The molecule has 0 saturated carbocycles. The van der Waals surface area contributed by atoms with E-state index < -0.39 is 0 Å². The summed E-state index contributed by atoms with van der Waals surface area (Å²) in [5, 5.41) is 0. The molecular weight excluding hydrogens is 294 g/mol. The van der Waals surface area contributed by atoms with E-state index in [9.17, 15) is 0 Å². The van der Waals surface area contributed by atoms with E-state index in [4.69, 9.17) is 5.73 Å². The summed E-state index contributed by atoms with van der Waals surface area (Å²) in [5.41, 5.74) is 10.1. The highest BCUT2D eigenvalue weighted by molar-refractivity contribution is 9.10. The molecule has 1 unspecified atom stereocenters. The lowest BCUT2D eigenvalue weighted by Crippen LogP contribution is -2.10. The molecule has 2 rings (SSSR count). The van der Waals surface area contributed by atoms with Gasteiger partial charge in [0.2, 0.25) is 0 Å². The smallest absolute Gasteiger partial charge is 0.0646 e. The third-order valence-corrected chi connectivity index (χ3v) is 5.29. The summed E-state index contributed by atoms with van der Waals surface area (Å²) in [4.78, 5) is 2.48. The molecule has 0 spiro atoms. The van der Waals surface area contributed by atoms with Crippen molar-refractivity contribution in [2.45, 2.75) is 26.8 Å². The fourth-order valence-electron chi connectivity index (χ4n) is 1.76. The maximum atomic E-state index is 6.31. The maximum Gasteiger partial charge on any atom is 0.0646 e. The number of hydrogen-bond acceptors (Lipinski definition) is 2. The number of thiophene rings is 1. The molecule has 0 aliphatic rings. The summed E-state index contributed by atoms with van der Waals surface area (Å²) in [6.45, 7) is 6.35. The van der Waals surface area contributed by atoms with Crippen LogP contribution in [0.25, 0.3) is 0 Å². The molecule has 0 radical (unpaired) electrons. The van der Waals surface area contributed by atoms with Gasteiger partial charge in [-0.05, 0) is 59.5 Å². The zero-order chi connectivity index (χ0) is 12.6. The van der Waals surface area contributed by atoms with Crippen molar-refractivity contribution in [1.82, 2.24) is 0 Å². The number of benzene rings is 1. The van der Waals surface area contributed by atoms with E-state index in [2.05, 4.69) is 61.0 Å². The average Bonchev–Trinajstić information content (AvgIpc) is 2.62. The van der Waals surface area contributed by atoms with Crippen LogP contribution in [-0.2, 0) is 0 Å². The highest BCUT2D eigenvalue weighted by Crippen LogP contribution is 2.32. The van der Waals surface area contributed by atoms with Crippen LogP contribution in [0.5, 0.6) is 0 Å². The lowest BCUT2D eigenvalue weighted by atomic mass is 10.0. The fraction of sp³-hybridized carbons (Fsp3) is 0.286. The minimum absolute atomic E-state index is 0.0238. The van der Waals surface area contributed by atoms with Gasteiger partial charge in [0.05, 0.1) is 6.04 Å². The van der Waals surface area contributed by atoms with Crippen molar-refractivity contribution < 1.29 is 0 Å². The largest absolute Gasteiger partial charge is 0.320 e. The predicted octanol–water partition coefficient (Wildman–Crippen LogP) is 4.48. The third kappa shape index (κ3) is 2.62. The molecule has 2 N–H and O–H groups in total. The van der Waals surface area contributed by atoms with Crippen molar-refractivity contribution in [1.29, 1.82) is 0 Å². The summed E-state index contributed by atoms with van der Waals surface area (Å²) in [6.07, 6.45) is 0. The van der Waals surface area contributed by atoms with Crippen molar-refractivity contribution in [2.24, 2.45) is 5.73 Å². The lowest BCUT2D eigenvalue weighted by molar-refractivity contribution is 0.890. The molecule has 1 heterocycles. The molecule has 0 bridgehead atoms. The standard InChI is InChI=1S/C14H16BrNS/c1-8-4-5-11(6-9(8)2)14(16)13-7-12(15)10(3)17-13/h4-7,14H,16H2,1-3H3. The van der Waals surface area contributed by atoms with E-state index in [0.717, 1.165) is 4.47 Å². The van der Waals surface area contributed by atoms with Gasteiger partial charge in [0.15, 0.2) is 0 Å². The van der Waals surface area contributed by atoms with Crippen LogP contribution in [-0.4, -0.2) is 0 Å². The average molecular weight is 310 g/mol. The molecule has 17 heavy (non-hydrogen) atoms. The quantitative estimate of drug-likeness (QED) is 0.869. The monoisotopic (exact) mass is 309 g/mol. The number of nitrogens with two attached hydrogens (primary N) is 1. The van der Waals surface area contributed by atoms with Crippen LogP contribution in [0.2, 0.25) is 0 Å². The van der Waals surface area contributed by atoms with E-state index in [-0.39, 0.29) is 6.04 Å². The molecule has 0 aliphatic carbocycles. The van der Waals surface area contributed by atoms with Gasteiger partial charge >= 0.3 is 0 Å². The van der Waals surface area contributed by atoms with Crippen LogP contribution in [0.1, 0.15) is 32.5 Å². The van der Waals surface area contributed by atoms with Gasteiger partial charge in [0.1, 0.15) is 0 Å². The molecule has 1 nitrogen and oxygen atoms in total. The third-order valence-electron chi connectivity index (χ3n) is 3.07. The van der Waals surface area contributed by atoms with Crippen LogP contribution in [0.15, 0.2) is 28.7 Å². The molecule has 0 aliphatic heterocycles. The van der Waals surface area contributed by atoms with E-state index in [1.165, 1.54) is 26.4 Å². The number of rotatable bonds is 2. The minimum atomic E-state index is -0.0238. The van der Waals surface area contributed by atoms with Crippen LogP contribution in [0.3, 0.4) is 0 Å². The van der Waals surface area contributed by atoms with Gasteiger partial charge in [0.25, 0.3) is 0 Å². The highest BCUT2D eigenvalue weighted by atomic mass is 79.9. The van der Waals surface area contributed by atoms with Gasteiger partial charge < -0.3 is 5.73 Å². The Morgan fingerprint density at radius 3 is 2.35 bits per heavy atom. The molecule has 90 valence electrons. The van der Waals surface area contributed by atoms with Crippen LogP contribution >= 0.6 is 27.3 Å². The maximum absolute atomic E-state index is 6.31. The molecule has 3 heteroatoms. The van der Waals surface area contributed by atoms with Crippen molar-refractivity contribution in [3.8, 4) is 0 Å². The molecular formula is C14H16BrNS. The summed E-state index contributed by atoms with van der Waals surface area (Å²) < 4.78 is 1.15. The Morgan fingerprint density at radius 2 is 1.82 bits per heavy atom. The first-order valence-corrected chi connectivity index (χ1v) is 7.18. The first kappa shape index (κ1) is 12.8. The number of halogens is 1. The Hall–Kier alpha value is -0.640. The highest BCUT2D eigenvalue weighted by Gasteiger charge is 2.13. The van der Waals surface area contributed by atoms with Crippen molar-refractivity contribution in [3.05, 3.63) is 55.2 Å². The molecule has 2 aromatic rings. The zero-order valence-corrected chi connectivity index (χ0v) is 12.7. The van der Waals surface area contributed by atoms with Gasteiger partial charge in [-0.25, -0.2) is 0 Å². The van der Waals surface area contributed by atoms with E-state index in [0.29, 0.717) is 0 Å². The summed E-state index contributed by atoms with van der Waals surface area (Å²) in [5.74, 6) is 0. The minimum Gasteiger partial charge on any atom is -0.320 e. The Balaban J connectivity index is 2.36. The SMILES string of the molecule is Cc1ccc(C(N)c2cc(Br)c(C)s2)cc1C. The molecule has 0 saturated heterocycles. The summed E-state index contributed by atoms with van der Waals surface area (Å²) in [7, 11) is 0. The number of hydrogen-bond donors (Lipinski definition) is 1. The summed E-state index contributed by atoms with van der Waals surface area (Å²) in [6, 6.07) is 8.54. The first-order chi connectivity index (χ1) is 7.99. The Morgan fingerprint density at radius 1 is 1.12 bits per heavy atom. The molecule has 1 aromatic carbocycles. The lowest BCUT2D eigenvalue weighted by Gasteiger charge is -2.12. The molecule has 1 aromatic heterocycles. The number of aryl methyl sites for hydroxylation is 3. The molecule has 0 fully saturated rings.